The average molecular weight is 245 g/mol. The predicted octanol–water partition coefficient (Wildman–Crippen LogP) is 2.40. The number of nitrogens with two attached hydrogens (primary N) is 1. The van der Waals surface area contributed by atoms with Gasteiger partial charge in [0.25, 0.3) is 0 Å². The van der Waals surface area contributed by atoms with Crippen molar-refractivity contribution in [2.45, 2.75) is 18.9 Å². The fourth-order valence-corrected chi connectivity index (χ4v) is 2.08. The van der Waals surface area contributed by atoms with Crippen molar-refractivity contribution in [2.75, 3.05) is 13.7 Å². The summed E-state index contributed by atoms with van der Waals surface area (Å²) in [5.41, 5.74) is 6.75. The zero-order valence-electron chi connectivity index (χ0n) is 10.8. The molecule has 96 valence electrons. The van der Waals surface area contributed by atoms with Crippen LogP contribution in [0.4, 0.5) is 0 Å². The van der Waals surface area contributed by atoms with Crippen LogP contribution in [0.1, 0.15) is 18.9 Å². The summed E-state index contributed by atoms with van der Waals surface area (Å²) >= 11 is 0. The normalized spacial score (nSPS) is 14.4. The van der Waals surface area contributed by atoms with E-state index in [2.05, 4.69) is 6.07 Å². The number of hydrogen-bond acceptors (Lipinski definition) is 3. The van der Waals surface area contributed by atoms with Crippen molar-refractivity contribution in [3.8, 4) is 5.75 Å². The number of rotatable bonds is 4. The Balaban J connectivity index is 2.45. The fraction of sp³-hybridized carbons (Fsp3) is 0.333. The van der Waals surface area contributed by atoms with Crippen LogP contribution in [0.3, 0.4) is 0 Å². The summed E-state index contributed by atoms with van der Waals surface area (Å²) in [6, 6.07) is 12.1. The number of fused-ring (bicyclic) bond motifs is 1. The first-order valence-electron chi connectivity index (χ1n) is 6.05. The second kappa shape index (κ2) is 4.96. The van der Waals surface area contributed by atoms with Crippen LogP contribution in [0.2, 0.25) is 0 Å². The van der Waals surface area contributed by atoms with Crippen molar-refractivity contribution in [3.63, 3.8) is 0 Å². The molecule has 18 heavy (non-hydrogen) atoms. The van der Waals surface area contributed by atoms with E-state index in [0.717, 1.165) is 22.1 Å². The van der Waals surface area contributed by atoms with Crippen molar-refractivity contribution in [1.29, 1.82) is 0 Å². The molecule has 2 rings (SSSR count). The first kappa shape index (κ1) is 12.9. The van der Waals surface area contributed by atoms with Gasteiger partial charge in [-0.3, -0.25) is 0 Å². The van der Waals surface area contributed by atoms with Gasteiger partial charge in [-0.2, -0.15) is 0 Å². The van der Waals surface area contributed by atoms with E-state index < -0.39 is 5.54 Å². The Labute approximate surface area is 107 Å². The zero-order chi connectivity index (χ0) is 13.2. The number of aliphatic hydroxyl groups is 1. The monoisotopic (exact) mass is 245 g/mol. The second-order valence-corrected chi connectivity index (χ2v) is 4.82. The molecule has 2 aromatic rings. The maximum absolute atomic E-state index is 9.05. The minimum absolute atomic E-state index is 0.0909. The minimum atomic E-state index is -0.497. The molecule has 0 aliphatic carbocycles. The molecule has 0 amide bonds. The predicted molar refractivity (Wildman–Crippen MR) is 73.7 cm³/mol. The molecule has 0 aromatic heterocycles. The van der Waals surface area contributed by atoms with Crippen molar-refractivity contribution in [1.82, 2.24) is 0 Å². The molecule has 0 saturated carbocycles. The van der Waals surface area contributed by atoms with Gasteiger partial charge >= 0.3 is 0 Å². The second-order valence-electron chi connectivity index (χ2n) is 4.82. The summed E-state index contributed by atoms with van der Waals surface area (Å²) in [5.74, 6) is 0.848. The molecule has 0 fully saturated rings. The number of ether oxygens (including phenoxy) is 1. The van der Waals surface area contributed by atoms with Crippen molar-refractivity contribution >= 4 is 10.8 Å². The van der Waals surface area contributed by atoms with Crippen LogP contribution in [0, 0.1) is 0 Å². The van der Waals surface area contributed by atoms with E-state index in [9.17, 15) is 0 Å². The molecule has 0 aliphatic rings. The molecule has 0 bridgehead atoms. The fourth-order valence-electron chi connectivity index (χ4n) is 2.08. The average Bonchev–Trinajstić information content (AvgIpc) is 2.37. The van der Waals surface area contributed by atoms with Gasteiger partial charge in [0.05, 0.1) is 7.11 Å². The van der Waals surface area contributed by atoms with Crippen LogP contribution < -0.4 is 10.5 Å². The summed E-state index contributed by atoms with van der Waals surface area (Å²) in [6.45, 7) is 2.03. The lowest BCUT2D eigenvalue weighted by Gasteiger charge is -2.24. The van der Waals surface area contributed by atoms with Crippen LogP contribution >= 0.6 is 0 Å². The van der Waals surface area contributed by atoms with E-state index in [-0.39, 0.29) is 6.61 Å². The molecule has 1 unspecified atom stereocenters. The molecule has 3 heteroatoms. The highest BCUT2D eigenvalue weighted by Crippen LogP contribution is 2.27. The van der Waals surface area contributed by atoms with Crippen LogP contribution in [-0.4, -0.2) is 18.8 Å². The summed E-state index contributed by atoms with van der Waals surface area (Å²) in [5, 5.41) is 11.3. The van der Waals surface area contributed by atoms with Gasteiger partial charge in [-0.05, 0) is 47.9 Å². The van der Waals surface area contributed by atoms with E-state index in [1.807, 2.05) is 37.3 Å². The Hall–Kier alpha value is -1.58. The Morgan fingerprint density at radius 3 is 2.50 bits per heavy atom. The van der Waals surface area contributed by atoms with Crippen LogP contribution in [0.25, 0.3) is 10.8 Å². The van der Waals surface area contributed by atoms with Gasteiger partial charge in [0.15, 0.2) is 0 Å². The number of aliphatic hydroxyl groups excluding tert-OH is 1. The van der Waals surface area contributed by atoms with E-state index in [4.69, 9.17) is 15.6 Å². The first-order valence-corrected chi connectivity index (χ1v) is 6.05. The quantitative estimate of drug-likeness (QED) is 0.869. The lowest BCUT2D eigenvalue weighted by atomic mass is 9.88. The van der Waals surface area contributed by atoms with Gasteiger partial charge in [-0.15, -0.1) is 0 Å². The smallest absolute Gasteiger partial charge is 0.119 e. The third-order valence-electron chi connectivity index (χ3n) is 3.34. The van der Waals surface area contributed by atoms with Crippen molar-refractivity contribution < 1.29 is 9.84 Å². The van der Waals surface area contributed by atoms with Gasteiger partial charge < -0.3 is 15.6 Å². The number of benzene rings is 2. The third kappa shape index (κ3) is 2.47. The molecule has 3 nitrogen and oxygen atoms in total. The van der Waals surface area contributed by atoms with Gasteiger partial charge in [0.2, 0.25) is 0 Å². The molecule has 0 spiro atoms. The van der Waals surface area contributed by atoms with Crippen LogP contribution in [0.15, 0.2) is 36.4 Å². The number of hydrogen-bond donors (Lipinski definition) is 2. The van der Waals surface area contributed by atoms with E-state index in [0.29, 0.717) is 6.42 Å². The van der Waals surface area contributed by atoms with E-state index >= 15 is 0 Å². The summed E-state index contributed by atoms with van der Waals surface area (Å²) in [7, 11) is 1.66. The topological polar surface area (TPSA) is 55.5 Å². The SMILES string of the molecule is COc1ccc2cc(C(C)(N)CCO)ccc2c1. The molecule has 2 aromatic carbocycles. The molecular weight excluding hydrogens is 226 g/mol. The maximum Gasteiger partial charge on any atom is 0.119 e. The molecule has 3 N–H and O–H groups in total. The van der Waals surface area contributed by atoms with Crippen molar-refractivity contribution in [2.24, 2.45) is 5.73 Å². The maximum atomic E-state index is 9.05. The third-order valence-corrected chi connectivity index (χ3v) is 3.34. The Kier molecular flexibility index (Phi) is 3.55. The van der Waals surface area contributed by atoms with E-state index in [1.165, 1.54) is 0 Å². The molecular formula is C15H19NO2. The zero-order valence-corrected chi connectivity index (χ0v) is 10.8. The number of methoxy groups -OCH3 is 1. The van der Waals surface area contributed by atoms with Crippen molar-refractivity contribution in [3.05, 3.63) is 42.0 Å². The largest absolute Gasteiger partial charge is 0.497 e. The van der Waals surface area contributed by atoms with Gasteiger partial charge in [-0.1, -0.05) is 18.2 Å². The Bertz CT molecular complexity index is 549. The van der Waals surface area contributed by atoms with Gasteiger partial charge in [0, 0.05) is 12.1 Å². The van der Waals surface area contributed by atoms with E-state index in [1.54, 1.807) is 7.11 Å². The highest BCUT2D eigenvalue weighted by Gasteiger charge is 2.20. The molecule has 0 heterocycles. The Morgan fingerprint density at radius 2 is 1.83 bits per heavy atom. The molecule has 0 radical (unpaired) electrons. The molecule has 1 atom stereocenters. The highest BCUT2D eigenvalue weighted by molar-refractivity contribution is 5.84. The standard InChI is InChI=1S/C15H19NO2/c1-15(16,7-8-17)13-5-3-12-10-14(18-2)6-4-11(12)9-13/h3-6,9-10,17H,7-8,16H2,1-2H3. The first-order chi connectivity index (χ1) is 8.56. The molecule has 0 aliphatic heterocycles. The molecule has 0 saturated heterocycles. The highest BCUT2D eigenvalue weighted by atomic mass is 16.5. The summed E-state index contributed by atoms with van der Waals surface area (Å²) < 4.78 is 5.20. The Morgan fingerprint density at radius 1 is 1.17 bits per heavy atom. The summed E-state index contributed by atoms with van der Waals surface area (Å²) in [6.07, 6.45) is 0.550. The lowest BCUT2D eigenvalue weighted by molar-refractivity contribution is 0.247. The van der Waals surface area contributed by atoms with Crippen LogP contribution in [0.5, 0.6) is 5.75 Å². The van der Waals surface area contributed by atoms with Gasteiger partial charge in [-0.25, -0.2) is 0 Å². The lowest BCUT2D eigenvalue weighted by Crippen LogP contribution is -2.33. The minimum Gasteiger partial charge on any atom is -0.497 e. The van der Waals surface area contributed by atoms with Crippen LogP contribution in [-0.2, 0) is 5.54 Å². The van der Waals surface area contributed by atoms with Gasteiger partial charge in [0.1, 0.15) is 5.75 Å². The summed E-state index contributed by atoms with van der Waals surface area (Å²) in [4.78, 5) is 0.